The second kappa shape index (κ2) is 13.0. The number of ether oxygens (including phenoxy) is 3. The molecule has 40 heavy (non-hydrogen) atoms. The summed E-state index contributed by atoms with van der Waals surface area (Å²) in [5.74, 6) is -2.06. The van der Waals surface area contributed by atoms with Crippen LogP contribution in [-0.4, -0.2) is 98.7 Å². The highest BCUT2D eigenvalue weighted by molar-refractivity contribution is 5.90. The minimum atomic E-state index is -1.56. The largest absolute Gasteiger partial charge is 0.481 e. The molecule has 0 aromatic rings. The zero-order chi connectivity index (χ0) is 30.0. The number of aliphatic hydroxyl groups excluding tert-OH is 5. The Morgan fingerprint density at radius 1 is 1.12 bits per heavy atom. The van der Waals surface area contributed by atoms with Gasteiger partial charge in [0.25, 0.3) is 0 Å². The second-order valence-corrected chi connectivity index (χ2v) is 12.5. The van der Waals surface area contributed by atoms with Crippen LogP contribution in [0.2, 0.25) is 0 Å². The van der Waals surface area contributed by atoms with Crippen molar-refractivity contribution in [2.45, 2.75) is 109 Å². The molecule has 3 fully saturated rings. The average Bonchev–Trinajstić information content (AvgIpc) is 2.87. The lowest BCUT2D eigenvalue weighted by Gasteiger charge is -2.61. The minimum absolute atomic E-state index is 0.0223. The smallest absolute Gasteiger partial charge is 0.317 e. The van der Waals surface area contributed by atoms with E-state index in [1.54, 1.807) is 6.08 Å². The quantitative estimate of drug-likeness (QED) is 0.0963. The Hall–Kier alpha value is -1.86. The Morgan fingerprint density at radius 3 is 2.42 bits per heavy atom. The molecule has 0 unspecified atom stereocenters. The molecule has 2 saturated carbocycles. The van der Waals surface area contributed by atoms with Gasteiger partial charge in [0.2, 0.25) is 0 Å². The fourth-order valence-electron chi connectivity index (χ4n) is 7.00. The summed E-state index contributed by atoms with van der Waals surface area (Å²) in [5, 5.41) is 60.2. The van der Waals surface area contributed by atoms with Gasteiger partial charge in [0, 0.05) is 0 Å². The standard InChI is InChI=1S/C29H46O11/c1-15(9-11-38-23(34)13-22(32)33)6-7-17-16(2)18(12-20-28(3,4)21(31)8-10-29(17,20)5)39-27-26(37)25(36)24(35)19(14-30)40-27/h9,17-21,24-27,30-31,35-37H,2,6-8,10-14H2,1,3-5H3,(H,32,33)/b15-9-/t17-,18+,19+,20-,21+,24+,25-,26+,27+,29+/m1/s1. The SMILES string of the molecule is C=C1[C@@H](O[C@H]2O[C@@H](CO)[C@H](O)[C@@H](O)[C@@H]2O)C[C@@H]2C(C)(C)[C@@H](O)CC[C@@]2(C)[C@@H]1CC/C(C)=C\COC(=O)CC(=O)O. The lowest BCUT2D eigenvalue weighted by molar-refractivity contribution is -0.313. The number of esters is 1. The lowest BCUT2D eigenvalue weighted by atomic mass is 9.46. The number of carboxylic acids is 1. The third-order valence-electron chi connectivity index (χ3n) is 9.56. The topological polar surface area (TPSA) is 183 Å². The van der Waals surface area contributed by atoms with Gasteiger partial charge >= 0.3 is 11.9 Å². The summed E-state index contributed by atoms with van der Waals surface area (Å²) in [4.78, 5) is 22.2. The first-order valence-electron chi connectivity index (χ1n) is 14.0. The predicted molar refractivity (Wildman–Crippen MR) is 143 cm³/mol. The molecule has 1 saturated heterocycles. The molecule has 2 aliphatic carbocycles. The van der Waals surface area contributed by atoms with Gasteiger partial charge in [0.05, 0.1) is 18.8 Å². The Bertz CT molecular complexity index is 960. The van der Waals surface area contributed by atoms with Crippen LogP contribution in [0.4, 0.5) is 0 Å². The van der Waals surface area contributed by atoms with Gasteiger partial charge in [-0.3, -0.25) is 9.59 Å². The van der Waals surface area contributed by atoms with Crippen LogP contribution in [0.3, 0.4) is 0 Å². The summed E-state index contributed by atoms with van der Waals surface area (Å²) in [5.41, 5.74) is 1.13. The van der Waals surface area contributed by atoms with Crippen molar-refractivity contribution < 1.29 is 54.4 Å². The molecule has 0 radical (unpaired) electrons. The van der Waals surface area contributed by atoms with Crippen LogP contribution in [0.1, 0.15) is 66.2 Å². The van der Waals surface area contributed by atoms with Gasteiger partial charge in [-0.15, -0.1) is 0 Å². The van der Waals surface area contributed by atoms with Crippen molar-refractivity contribution in [2.24, 2.45) is 22.7 Å². The Balaban J connectivity index is 1.79. The fourth-order valence-corrected chi connectivity index (χ4v) is 7.00. The van der Waals surface area contributed by atoms with Gasteiger partial charge in [-0.1, -0.05) is 32.9 Å². The highest BCUT2D eigenvalue weighted by Gasteiger charge is 2.58. The van der Waals surface area contributed by atoms with Crippen molar-refractivity contribution in [3.63, 3.8) is 0 Å². The van der Waals surface area contributed by atoms with Crippen molar-refractivity contribution in [3.8, 4) is 0 Å². The third kappa shape index (κ3) is 6.78. The number of hydrogen-bond acceptors (Lipinski definition) is 10. The maximum atomic E-state index is 11.5. The van der Waals surface area contributed by atoms with E-state index in [-0.39, 0.29) is 23.9 Å². The maximum Gasteiger partial charge on any atom is 0.317 e. The molecule has 6 N–H and O–H groups in total. The Kier molecular flexibility index (Phi) is 10.6. The maximum absolute atomic E-state index is 11.5. The van der Waals surface area contributed by atoms with Crippen LogP contribution in [-0.2, 0) is 23.8 Å². The van der Waals surface area contributed by atoms with E-state index in [0.717, 1.165) is 17.6 Å². The molecule has 0 aromatic carbocycles. The van der Waals surface area contributed by atoms with Gasteiger partial charge in [0.15, 0.2) is 6.29 Å². The van der Waals surface area contributed by atoms with Gasteiger partial charge in [0.1, 0.15) is 37.4 Å². The number of fused-ring (bicyclic) bond motifs is 1. The lowest BCUT2D eigenvalue weighted by Crippen LogP contribution is -2.61. The molecular weight excluding hydrogens is 524 g/mol. The van der Waals surface area contributed by atoms with Crippen molar-refractivity contribution in [2.75, 3.05) is 13.2 Å². The zero-order valence-electron chi connectivity index (χ0n) is 23.9. The molecule has 0 spiro atoms. The molecule has 11 nitrogen and oxygen atoms in total. The highest BCUT2D eigenvalue weighted by Crippen LogP contribution is 2.62. The van der Waals surface area contributed by atoms with Crippen LogP contribution in [0.5, 0.6) is 0 Å². The number of carbonyl (C=O) groups excluding carboxylic acids is 1. The van der Waals surface area contributed by atoms with Gasteiger partial charge < -0.3 is 44.8 Å². The molecule has 0 aromatic heterocycles. The van der Waals surface area contributed by atoms with Crippen LogP contribution >= 0.6 is 0 Å². The fraction of sp³-hybridized carbons (Fsp3) is 0.793. The van der Waals surface area contributed by atoms with Crippen molar-refractivity contribution in [1.29, 1.82) is 0 Å². The van der Waals surface area contributed by atoms with Crippen LogP contribution < -0.4 is 0 Å². The first-order valence-corrected chi connectivity index (χ1v) is 14.0. The Labute approximate surface area is 235 Å². The monoisotopic (exact) mass is 570 g/mol. The molecular formula is C29H46O11. The van der Waals surface area contributed by atoms with Crippen LogP contribution in [0, 0.1) is 22.7 Å². The number of aliphatic hydroxyl groups is 5. The number of hydrogen-bond donors (Lipinski definition) is 6. The highest BCUT2D eigenvalue weighted by atomic mass is 16.7. The van der Waals surface area contributed by atoms with E-state index >= 15 is 0 Å². The van der Waals surface area contributed by atoms with Crippen LogP contribution in [0.15, 0.2) is 23.8 Å². The minimum Gasteiger partial charge on any atom is -0.481 e. The number of carbonyl (C=O) groups is 2. The normalized spacial score (nSPS) is 39.9. The summed E-state index contributed by atoms with van der Waals surface area (Å²) in [6, 6.07) is 0. The van der Waals surface area contributed by atoms with E-state index in [9.17, 15) is 35.1 Å². The van der Waals surface area contributed by atoms with E-state index in [2.05, 4.69) is 13.5 Å². The van der Waals surface area contributed by atoms with E-state index in [1.807, 2.05) is 20.8 Å². The zero-order valence-corrected chi connectivity index (χ0v) is 23.9. The first kappa shape index (κ1) is 32.7. The number of rotatable bonds is 10. The molecule has 10 atom stereocenters. The average molecular weight is 571 g/mol. The summed E-state index contributed by atoms with van der Waals surface area (Å²) in [6.45, 7) is 12.0. The molecule has 0 bridgehead atoms. The second-order valence-electron chi connectivity index (χ2n) is 12.5. The molecule has 228 valence electrons. The van der Waals surface area contributed by atoms with E-state index < -0.39 is 73.3 Å². The summed E-state index contributed by atoms with van der Waals surface area (Å²) in [7, 11) is 0. The van der Waals surface area contributed by atoms with Crippen LogP contribution in [0.25, 0.3) is 0 Å². The first-order chi connectivity index (χ1) is 18.6. The van der Waals surface area contributed by atoms with Crippen molar-refractivity contribution in [3.05, 3.63) is 23.8 Å². The number of aliphatic carboxylic acids is 1. The summed E-state index contributed by atoms with van der Waals surface area (Å²) < 4.78 is 16.8. The van der Waals surface area contributed by atoms with Crippen molar-refractivity contribution >= 4 is 11.9 Å². The Morgan fingerprint density at radius 2 is 1.80 bits per heavy atom. The molecule has 3 aliphatic rings. The summed E-state index contributed by atoms with van der Waals surface area (Å²) in [6.07, 6.45) is -3.68. The van der Waals surface area contributed by atoms with E-state index in [1.165, 1.54) is 0 Å². The van der Waals surface area contributed by atoms with Gasteiger partial charge in [-0.2, -0.15) is 0 Å². The molecule has 11 heteroatoms. The number of allylic oxidation sites excluding steroid dienone is 1. The van der Waals surface area contributed by atoms with E-state index in [0.29, 0.717) is 25.7 Å². The summed E-state index contributed by atoms with van der Waals surface area (Å²) >= 11 is 0. The number of carboxylic acid groups (broad SMARTS) is 1. The van der Waals surface area contributed by atoms with Gasteiger partial charge in [-0.05, 0) is 73.3 Å². The molecule has 0 amide bonds. The van der Waals surface area contributed by atoms with Crippen molar-refractivity contribution in [1.82, 2.24) is 0 Å². The van der Waals surface area contributed by atoms with E-state index in [4.69, 9.17) is 19.3 Å². The van der Waals surface area contributed by atoms with Gasteiger partial charge in [-0.25, -0.2) is 0 Å². The predicted octanol–water partition coefficient (Wildman–Crippen LogP) is 1.30. The molecule has 1 aliphatic heterocycles. The molecule has 3 rings (SSSR count). The third-order valence-corrected chi connectivity index (χ3v) is 9.56. The molecule has 1 heterocycles.